The van der Waals surface area contributed by atoms with Crippen molar-refractivity contribution >= 4 is 11.8 Å². The van der Waals surface area contributed by atoms with Gasteiger partial charge in [0.25, 0.3) is 0 Å². The molecular formula is C14H14FNS. The van der Waals surface area contributed by atoms with Gasteiger partial charge in [0.2, 0.25) is 0 Å². The van der Waals surface area contributed by atoms with Gasteiger partial charge in [-0.15, -0.1) is 0 Å². The topological polar surface area (TPSA) is 12.0 Å². The van der Waals surface area contributed by atoms with E-state index in [-0.39, 0.29) is 5.82 Å². The van der Waals surface area contributed by atoms with Gasteiger partial charge < -0.3 is 5.32 Å². The van der Waals surface area contributed by atoms with Gasteiger partial charge in [-0.05, 0) is 30.8 Å². The van der Waals surface area contributed by atoms with Crippen molar-refractivity contribution < 1.29 is 4.39 Å². The average Bonchev–Trinajstić information content (AvgIpc) is 2.35. The van der Waals surface area contributed by atoms with E-state index in [1.165, 1.54) is 23.4 Å². The second-order valence-electron chi connectivity index (χ2n) is 3.67. The standard InChI is InChI=1S/C14H14FNS/c1-16-10-11-6-2-4-8-13(11)17-14-9-5-3-7-12(14)15/h2-9,16H,10H2,1H3. The fourth-order valence-corrected chi connectivity index (χ4v) is 2.55. The summed E-state index contributed by atoms with van der Waals surface area (Å²) in [7, 11) is 1.91. The molecule has 0 aromatic heterocycles. The van der Waals surface area contributed by atoms with Crippen LogP contribution >= 0.6 is 11.8 Å². The van der Waals surface area contributed by atoms with Crippen molar-refractivity contribution in [1.29, 1.82) is 0 Å². The van der Waals surface area contributed by atoms with Crippen LogP contribution in [-0.4, -0.2) is 7.05 Å². The molecule has 0 bridgehead atoms. The van der Waals surface area contributed by atoms with Crippen molar-refractivity contribution in [2.75, 3.05) is 7.05 Å². The second kappa shape index (κ2) is 5.84. The molecule has 0 saturated carbocycles. The van der Waals surface area contributed by atoms with Crippen molar-refractivity contribution in [2.45, 2.75) is 16.3 Å². The average molecular weight is 247 g/mol. The Kier molecular flexibility index (Phi) is 4.18. The summed E-state index contributed by atoms with van der Waals surface area (Å²) in [5, 5.41) is 3.12. The molecule has 17 heavy (non-hydrogen) atoms. The summed E-state index contributed by atoms with van der Waals surface area (Å²) in [6.07, 6.45) is 0. The Balaban J connectivity index is 2.27. The number of hydrogen-bond donors (Lipinski definition) is 1. The molecule has 3 heteroatoms. The Labute approximate surface area is 105 Å². The summed E-state index contributed by atoms with van der Waals surface area (Å²) in [4.78, 5) is 1.75. The van der Waals surface area contributed by atoms with Gasteiger partial charge in [-0.25, -0.2) is 4.39 Å². The molecule has 0 heterocycles. The molecule has 0 saturated heterocycles. The minimum Gasteiger partial charge on any atom is -0.316 e. The van der Waals surface area contributed by atoms with Gasteiger partial charge >= 0.3 is 0 Å². The molecule has 0 unspecified atom stereocenters. The SMILES string of the molecule is CNCc1ccccc1Sc1ccccc1F. The Bertz CT molecular complexity index is 499. The first-order valence-electron chi connectivity index (χ1n) is 5.46. The number of hydrogen-bond acceptors (Lipinski definition) is 2. The van der Waals surface area contributed by atoms with E-state index in [9.17, 15) is 4.39 Å². The van der Waals surface area contributed by atoms with Crippen LogP contribution in [0.25, 0.3) is 0 Å². The lowest BCUT2D eigenvalue weighted by Crippen LogP contribution is -2.05. The minimum absolute atomic E-state index is 0.170. The van der Waals surface area contributed by atoms with Gasteiger partial charge in [0.15, 0.2) is 0 Å². The van der Waals surface area contributed by atoms with Crippen LogP contribution in [0.3, 0.4) is 0 Å². The summed E-state index contributed by atoms with van der Waals surface area (Å²) >= 11 is 1.47. The molecule has 88 valence electrons. The summed E-state index contributed by atoms with van der Waals surface area (Å²) in [6.45, 7) is 0.789. The summed E-state index contributed by atoms with van der Waals surface area (Å²) in [6, 6.07) is 14.9. The minimum atomic E-state index is -0.170. The van der Waals surface area contributed by atoms with Gasteiger partial charge in [0.1, 0.15) is 5.82 Å². The maximum Gasteiger partial charge on any atom is 0.137 e. The zero-order chi connectivity index (χ0) is 12.1. The third-order valence-electron chi connectivity index (χ3n) is 2.40. The van der Waals surface area contributed by atoms with Crippen molar-refractivity contribution in [3.8, 4) is 0 Å². The van der Waals surface area contributed by atoms with Gasteiger partial charge in [-0.3, -0.25) is 0 Å². The monoisotopic (exact) mass is 247 g/mol. The first-order valence-corrected chi connectivity index (χ1v) is 6.28. The largest absolute Gasteiger partial charge is 0.316 e. The Morgan fingerprint density at radius 3 is 2.35 bits per heavy atom. The van der Waals surface area contributed by atoms with Crippen LogP contribution < -0.4 is 5.32 Å². The molecule has 0 aliphatic carbocycles. The van der Waals surface area contributed by atoms with E-state index >= 15 is 0 Å². The molecule has 0 radical (unpaired) electrons. The number of benzene rings is 2. The van der Waals surface area contributed by atoms with E-state index < -0.39 is 0 Å². The van der Waals surface area contributed by atoms with Crippen LogP contribution in [0.5, 0.6) is 0 Å². The van der Waals surface area contributed by atoms with Crippen LogP contribution in [0.2, 0.25) is 0 Å². The fraction of sp³-hybridized carbons (Fsp3) is 0.143. The van der Waals surface area contributed by atoms with Crippen LogP contribution in [0, 0.1) is 5.82 Å². The molecular weight excluding hydrogens is 233 g/mol. The van der Waals surface area contributed by atoms with E-state index in [0.717, 1.165) is 11.4 Å². The third kappa shape index (κ3) is 3.08. The van der Waals surface area contributed by atoms with Crippen molar-refractivity contribution in [3.63, 3.8) is 0 Å². The summed E-state index contributed by atoms with van der Waals surface area (Å²) < 4.78 is 13.6. The highest BCUT2D eigenvalue weighted by Gasteiger charge is 2.06. The molecule has 2 aromatic rings. The van der Waals surface area contributed by atoms with E-state index in [1.54, 1.807) is 12.1 Å². The zero-order valence-electron chi connectivity index (χ0n) is 9.61. The predicted octanol–water partition coefficient (Wildman–Crippen LogP) is 3.70. The summed E-state index contributed by atoms with van der Waals surface area (Å²) in [5.41, 5.74) is 1.18. The Morgan fingerprint density at radius 1 is 1.00 bits per heavy atom. The molecule has 0 fully saturated rings. The quantitative estimate of drug-likeness (QED) is 0.884. The lowest BCUT2D eigenvalue weighted by Gasteiger charge is -2.08. The highest BCUT2D eigenvalue weighted by atomic mass is 32.2. The predicted molar refractivity (Wildman–Crippen MR) is 69.7 cm³/mol. The van der Waals surface area contributed by atoms with Crippen LogP contribution in [-0.2, 0) is 6.54 Å². The smallest absolute Gasteiger partial charge is 0.137 e. The zero-order valence-corrected chi connectivity index (χ0v) is 10.4. The van der Waals surface area contributed by atoms with E-state index in [2.05, 4.69) is 11.4 Å². The first-order chi connectivity index (χ1) is 8.31. The van der Waals surface area contributed by atoms with Gasteiger partial charge in [-0.1, -0.05) is 42.1 Å². The summed E-state index contributed by atoms with van der Waals surface area (Å²) in [5.74, 6) is -0.170. The van der Waals surface area contributed by atoms with Crippen LogP contribution in [0.4, 0.5) is 4.39 Å². The Hall–Kier alpha value is -1.32. The molecule has 2 aromatic carbocycles. The molecule has 2 rings (SSSR count). The van der Waals surface area contributed by atoms with Gasteiger partial charge in [0.05, 0.1) is 0 Å². The molecule has 1 N–H and O–H groups in total. The molecule has 0 amide bonds. The highest BCUT2D eigenvalue weighted by molar-refractivity contribution is 7.99. The highest BCUT2D eigenvalue weighted by Crippen LogP contribution is 2.31. The molecule has 0 atom stereocenters. The van der Waals surface area contributed by atoms with Crippen LogP contribution in [0.1, 0.15) is 5.56 Å². The Morgan fingerprint density at radius 2 is 1.65 bits per heavy atom. The third-order valence-corrected chi connectivity index (χ3v) is 3.57. The molecule has 0 spiro atoms. The van der Waals surface area contributed by atoms with E-state index in [1.807, 2.05) is 31.3 Å². The van der Waals surface area contributed by atoms with Crippen molar-refractivity contribution in [2.24, 2.45) is 0 Å². The maximum absolute atomic E-state index is 13.6. The van der Waals surface area contributed by atoms with E-state index in [0.29, 0.717) is 4.90 Å². The van der Waals surface area contributed by atoms with Gasteiger partial charge in [0, 0.05) is 16.3 Å². The number of nitrogens with one attached hydrogen (secondary N) is 1. The number of rotatable bonds is 4. The van der Waals surface area contributed by atoms with E-state index in [4.69, 9.17) is 0 Å². The lowest BCUT2D eigenvalue weighted by atomic mass is 10.2. The lowest BCUT2D eigenvalue weighted by molar-refractivity contribution is 0.602. The fourth-order valence-electron chi connectivity index (χ4n) is 1.59. The van der Waals surface area contributed by atoms with Crippen molar-refractivity contribution in [3.05, 3.63) is 59.9 Å². The molecule has 0 aliphatic heterocycles. The first kappa shape index (κ1) is 12.1. The second-order valence-corrected chi connectivity index (χ2v) is 4.75. The van der Waals surface area contributed by atoms with Crippen LogP contribution in [0.15, 0.2) is 58.3 Å². The normalized spacial score (nSPS) is 10.5. The maximum atomic E-state index is 13.6. The van der Waals surface area contributed by atoms with Gasteiger partial charge in [-0.2, -0.15) is 0 Å². The molecule has 1 nitrogen and oxygen atoms in total. The molecule has 0 aliphatic rings. The number of halogens is 1. The van der Waals surface area contributed by atoms with Crippen molar-refractivity contribution in [1.82, 2.24) is 5.32 Å².